The first-order valence-electron chi connectivity index (χ1n) is 9.43. The van der Waals surface area contributed by atoms with Crippen molar-refractivity contribution >= 4 is 35.8 Å². The summed E-state index contributed by atoms with van der Waals surface area (Å²) in [6.07, 6.45) is 3.42. The van der Waals surface area contributed by atoms with E-state index >= 15 is 0 Å². The molecule has 0 radical (unpaired) electrons. The Morgan fingerprint density at radius 3 is 2.58 bits per heavy atom. The van der Waals surface area contributed by atoms with E-state index in [1.165, 1.54) is 0 Å². The number of hydrogen-bond donors (Lipinski definition) is 3. The highest BCUT2D eigenvalue weighted by atomic mass is 127. The van der Waals surface area contributed by atoms with Crippen molar-refractivity contribution in [2.45, 2.75) is 53.1 Å². The van der Waals surface area contributed by atoms with Crippen molar-refractivity contribution in [2.75, 3.05) is 46.0 Å². The number of carbonyl (C=O) groups excluding carboxylic acids is 1. The predicted octanol–water partition coefficient (Wildman–Crippen LogP) is 1.91. The van der Waals surface area contributed by atoms with Crippen LogP contribution >= 0.6 is 24.0 Å². The molecule has 0 bridgehead atoms. The van der Waals surface area contributed by atoms with E-state index in [4.69, 9.17) is 9.47 Å². The number of rotatable bonds is 10. The lowest BCUT2D eigenvalue weighted by Crippen LogP contribution is -2.43. The Labute approximate surface area is 175 Å². The summed E-state index contributed by atoms with van der Waals surface area (Å²) in [5.41, 5.74) is -0.359. The number of guanidine groups is 1. The minimum atomic E-state index is -0.359. The van der Waals surface area contributed by atoms with Crippen LogP contribution in [0.2, 0.25) is 0 Å². The van der Waals surface area contributed by atoms with Gasteiger partial charge in [0, 0.05) is 44.8 Å². The van der Waals surface area contributed by atoms with Crippen molar-refractivity contribution in [3.8, 4) is 0 Å². The number of nitrogens with one attached hydrogen (secondary N) is 3. The minimum Gasteiger partial charge on any atom is -0.379 e. The van der Waals surface area contributed by atoms with Crippen LogP contribution < -0.4 is 16.0 Å². The minimum absolute atomic E-state index is 0. The van der Waals surface area contributed by atoms with E-state index in [0.717, 1.165) is 38.4 Å². The largest absolute Gasteiger partial charge is 0.379 e. The maximum absolute atomic E-state index is 11.8. The molecule has 8 heteroatoms. The maximum Gasteiger partial charge on any atom is 0.225 e. The second kappa shape index (κ2) is 14.4. The highest BCUT2D eigenvalue weighted by molar-refractivity contribution is 14.0. The number of aliphatic imine (C=N–C) groups is 1. The van der Waals surface area contributed by atoms with Crippen LogP contribution in [0.25, 0.3) is 0 Å². The van der Waals surface area contributed by atoms with Crippen molar-refractivity contribution in [3.63, 3.8) is 0 Å². The third-order valence-corrected chi connectivity index (χ3v) is 3.77. The van der Waals surface area contributed by atoms with E-state index in [1.54, 1.807) is 0 Å². The normalized spacial score (nSPS) is 17.5. The Morgan fingerprint density at radius 2 is 1.96 bits per heavy atom. The van der Waals surface area contributed by atoms with Crippen LogP contribution in [-0.4, -0.2) is 64.0 Å². The predicted molar refractivity (Wildman–Crippen MR) is 116 cm³/mol. The fourth-order valence-electron chi connectivity index (χ4n) is 2.31. The fraction of sp³-hybridized carbons (Fsp3) is 0.889. The Hall–Kier alpha value is -0.610. The average molecular weight is 484 g/mol. The highest BCUT2D eigenvalue weighted by Crippen LogP contribution is 2.12. The molecule has 26 heavy (non-hydrogen) atoms. The Kier molecular flexibility index (Phi) is 14.1. The lowest BCUT2D eigenvalue weighted by atomic mass is 9.96. The molecule has 1 fully saturated rings. The standard InChI is InChI=1S/C18H36N4O3.HI/c1-5-19-17(22-11-10-20-16(23)18(2,3)4)21-9-7-12-24-14-15-8-6-13-25-15;/h15H,5-14H2,1-4H3,(H,20,23)(H2,19,21,22);1H. The molecule has 1 unspecified atom stereocenters. The Morgan fingerprint density at radius 1 is 1.23 bits per heavy atom. The number of nitrogens with zero attached hydrogens (tertiary/aromatic N) is 1. The molecule has 0 aromatic carbocycles. The average Bonchev–Trinajstić information content (AvgIpc) is 3.06. The van der Waals surface area contributed by atoms with Crippen LogP contribution in [0, 0.1) is 5.41 Å². The first kappa shape index (κ1) is 25.4. The molecule has 1 rings (SSSR count). The highest BCUT2D eigenvalue weighted by Gasteiger charge is 2.20. The van der Waals surface area contributed by atoms with Crippen LogP contribution in [-0.2, 0) is 14.3 Å². The topological polar surface area (TPSA) is 84.0 Å². The molecule has 0 aliphatic carbocycles. The molecular weight excluding hydrogens is 447 g/mol. The first-order chi connectivity index (χ1) is 11.9. The van der Waals surface area contributed by atoms with Gasteiger partial charge in [0.05, 0.1) is 12.7 Å². The quantitative estimate of drug-likeness (QED) is 0.191. The summed E-state index contributed by atoms with van der Waals surface area (Å²) in [5.74, 6) is 0.825. The van der Waals surface area contributed by atoms with Gasteiger partial charge < -0.3 is 25.4 Å². The lowest BCUT2D eigenvalue weighted by Gasteiger charge is -2.18. The molecule has 7 nitrogen and oxygen atoms in total. The van der Waals surface area contributed by atoms with Gasteiger partial charge in [0.15, 0.2) is 5.96 Å². The van der Waals surface area contributed by atoms with E-state index in [1.807, 2.05) is 27.7 Å². The molecule has 0 spiro atoms. The molecule has 154 valence electrons. The third kappa shape index (κ3) is 11.9. The van der Waals surface area contributed by atoms with E-state index in [-0.39, 0.29) is 41.4 Å². The number of carbonyl (C=O) groups is 1. The van der Waals surface area contributed by atoms with Crippen LogP contribution in [0.5, 0.6) is 0 Å². The first-order valence-corrected chi connectivity index (χ1v) is 9.43. The Bertz CT molecular complexity index is 408. The molecule has 3 N–H and O–H groups in total. The van der Waals surface area contributed by atoms with Crippen molar-refractivity contribution in [1.82, 2.24) is 16.0 Å². The lowest BCUT2D eigenvalue weighted by molar-refractivity contribution is -0.128. The molecule has 0 aromatic heterocycles. The number of halogens is 1. The maximum atomic E-state index is 11.8. The van der Waals surface area contributed by atoms with Gasteiger partial charge in [-0.05, 0) is 26.2 Å². The van der Waals surface area contributed by atoms with Crippen molar-refractivity contribution in [3.05, 3.63) is 0 Å². The fourth-order valence-corrected chi connectivity index (χ4v) is 2.31. The molecule has 1 amide bonds. The van der Waals surface area contributed by atoms with Crippen molar-refractivity contribution in [2.24, 2.45) is 10.4 Å². The van der Waals surface area contributed by atoms with Crippen LogP contribution in [0.1, 0.15) is 47.0 Å². The van der Waals surface area contributed by atoms with E-state index in [2.05, 4.69) is 20.9 Å². The van der Waals surface area contributed by atoms with Gasteiger partial charge in [-0.15, -0.1) is 24.0 Å². The van der Waals surface area contributed by atoms with Gasteiger partial charge in [0.1, 0.15) is 0 Å². The van der Waals surface area contributed by atoms with Gasteiger partial charge in [-0.2, -0.15) is 0 Å². The van der Waals surface area contributed by atoms with Crippen LogP contribution in [0.4, 0.5) is 0 Å². The molecule has 0 saturated carbocycles. The molecule has 0 aromatic rings. The van der Waals surface area contributed by atoms with Crippen LogP contribution in [0.3, 0.4) is 0 Å². The van der Waals surface area contributed by atoms with Crippen molar-refractivity contribution < 1.29 is 14.3 Å². The zero-order chi connectivity index (χ0) is 18.5. The van der Waals surface area contributed by atoms with Crippen LogP contribution in [0.15, 0.2) is 4.99 Å². The summed E-state index contributed by atoms with van der Waals surface area (Å²) < 4.78 is 11.2. The van der Waals surface area contributed by atoms with E-state index < -0.39 is 0 Å². The zero-order valence-corrected chi connectivity index (χ0v) is 19.1. The summed E-state index contributed by atoms with van der Waals surface area (Å²) in [4.78, 5) is 16.3. The van der Waals surface area contributed by atoms with Crippen molar-refractivity contribution in [1.29, 1.82) is 0 Å². The zero-order valence-electron chi connectivity index (χ0n) is 16.7. The van der Waals surface area contributed by atoms with Gasteiger partial charge in [-0.1, -0.05) is 20.8 Å². The Balaban J connectivity index is 0.00000625. The van der Waals surface area contributed by atoms with Gasteiger partial charge >= 0.3 is 0 Å². The third-order valence-electron chi connectivity index (χ3n) is 3.77. The summed E-state index contributed by atoms with van der Waals surface area (Å²) in [7, 11) is 0. The second-order valence-electron chi connectivity index (χ2n) is 7.26. The summed E-state index contributed by atoms with van der Waals surface area (Å²) >= 11 is 0. The summed E-state index contributed by atoms with van der Waals surface area (Å²) in [6.45, 7) is 12.7. The number of ether oxygens (including phenoxy) is 2. The summed E-state index contributed by atoms with van der Waals surface area (Å²) in [6, 6.07) is 0. The number of hydrogen-bond acceptors (Lipinski definition) is 4. The number of amides is 1. The van der Waals surface area contributed by atoms with E-state index in [9.17, 15) is 4.79 Å². The smallest absolute Gasteiger partial charge is 0.225 e. The SMILES string of the molecule is CCNC(=NCCCOCC1CCCO1)NCCNC(=O)C(C)(C)C.I. The summed E-state index contributed by atoms with van der Waals surface area (Å²) in [5, 5.41) is 9.34. The molecule has 1 aliphatic heterocycles. The monoisotopic (exact) mass is 484 g/mol. The van der Waals surface area contributed by atoms with Gasteiger partial charge in [0.25, 0.3) is 0 Å². The van der Waals surface area contributed by atoms with Gasteiger partial charge in [-0.25, -0.2) is 0 Å². The molecular formula is C18H37IN4O3. The molecule has 1 aliphatic rings. The second-order valence-corrected chi connectivity index (χ2v) is 7.26. The molecule has 1 saturated heterocycles. The van der Waals surface area contributed by atoms with Gasteiger partial charge in [0.2, 0.25) is 5.91 Å². The van der Waals surface area contributed by atoms with E-state index in [0.29, 0.717) is 32.8 Å². The van der Waals surface area contributed by atoms with Gasteiger partial charge in [-0.3, -0.25) is 9.79 Å². The molecule has 1 atom stereocenters. The molecule has 1 heterocycles.